The van der Waals surface area contributed by atoms with Crippen molar-refractivity contribution in [1.29, 1.82) is 0 Å². The summed E-state index contributed by atoms with van der Waals surface area (Å²) in [4.78, 5) is 0. The molecule has 2 heteroatoms. The molecular formula is C11H21IO. The van der Waals surface area contributed by atoms with Crippen LogP contribution in [-0.4, -0.2) is 16.1 Å². The Labute approximate surface area is 95.8 Å². The number of halogens is 1. The molecule has 1 aliphatic rings. The summed E-state index contributed by atoms with van der Waals surface area (Å²) in [6.07, 6.45) is 5.87. The second-order valence-electron chi connectivity index (χ2n) is 4.65. The van der Waals surface area contributed by atoms with Crippen LogP contribution < -0.4 is 0 Å². The first kappa shape index (κ1) is 11.8. The maximum atomic E-state index is 6.13. The van der Waals surface area contributed by atoms with Crippen LogP contribution in [0.4, 0.5) is 0 Å². The van der Waals surface area contributed by atoms with Crippen LogP contribution in [0.15, 0.2) is 0 Å². The average molecular weight is 296 g/mol. The van der Waals surface area contributed by atoms with E-state index >= 15 is 0 Å². The summed E-state index contributed by atoms with van der Waals surface area (Å²) in [5.41, 5.74) is 0.0663. The first-order valence-electron chi connectivity index (χ1n) is 5.33. The maximum absolute atomic E-state index is 6.13. The van der Waals surface area contributed by atoms with Crippen molar-refractivity contribution in [3.8, 4) is 0 Å². The molecule has 0 aromatic rings. The molecule has 0 N–H and O–H groups in total. The summed E-state index contributed by atoms with van der Waals surface area (Å²) >= 11 is 2.41. The molecule has 0 radical (unpaired) electrons. The minimum atomic E-state index is 0.0663. The molecule has 1 nitrogen and oxygen atoms in total. The molecule has 1 rings (SSSR count). The van der Waals surface area contributed by atoms with E-state index in [1.165, 1.54) is 25.7 Å². The van der Waals surface area contributed by atoms with Gasteiger partial charge in [-0.05, 0) is 39.0 Å². The number of alkyl halides is 1. The van der Waals surface area contributed by atoms with Crippen LogP contribution in [0.25, 0.3) is 0 Å². The van der Waals surface area contributed by atoms with Gasteiger partial charge in [0.25, 0.3) is 0 Å². The van der Waals surface area contributed by atoms with Crippen molar-refractivity contribution in [2.45, 2.75) is 58.2 Å². The number of hydrogen-bond donors (Lipinski definition) is 0. The van der Waals surface area contributed by atoms with Gasteiger partial charge in [-0.1, -0.05) is 35.9 Å². The molecular weight excluding hydrogens is 275 g/mol. The highest BCUT2D eigenvalue weighted by molar-refractivity contribution is 14.1. The number of hydrogen-bond acceptors (Lipinski definition) is 1. The van der Waals surface area contributed by atoms with E-state index < -0.39 is 0 Å². The zero-order chi connectivity index (χ0) is 9.90. The SMILES string of the molecule is CCC(OC(C)(C)CI)C1CCC1. The van der Waals surface area contributed by atoms with Crippen molar-refractivity contribution in [1.82, 2.24) is 0 Å². The smallest absolute Gasteiger partial charge is 0.0719 e. The molecule has 1 fully saturated rings. The van der Waals surface area contributed by atoms with E-state index in [1.54, 1.807) is 0 Å². The minimum absolute atomic E-state index is 0.0663. The van der Waals surface area contributed by atoms with Crippen LogP contribution in [0, 0.1) is 5.92 Å². The number of rotatable bonds is 5. The molecule has 78 valence electrons. The molecule has 1 atom stereocenters. The van der Waals surface area contributed by atoms with Gasteiger partial charge < -0.3 is 4.74 Å². The van der Waals surface area contributed by atoms with Crippen LogP contribution in [0.3, 0.4) is 0 Å². The molecule has 0 aromatic heterocycles. The summed E-state index contributed by atoms with van der Waals surface area (Å²) < 4.78 is 7.21. The molecule has 0 heterocycles. The molecule has 0 spiro atoms. The van der Waals surface area contributed by atoms with E-state index in [2.05, 4.69) is 43.4 Å². The Morgan fingerprint density at radius 2 is 2.08 bits per heavy atom. The molecule has 0 amide bonds. The fourth-order valence-corrected chi connectivity index (χ4v) is 1.95. The van der Waals surface area contributed by atoms with Crippen molar-refractivity contribution >= 4 is 22.6 Å². The Bertz CT molecular complexity index is 152. The van der Waals surface area contributed by atoms with Crippen molar-refractivity contribution < 1.29 is 4.74 Å². The van der Waals surface area contributed by atoms with E-state index in [1.807, 2.05) is 0 Å². The third kappa shape index (κ3) is 3.39. The average Bonchev–Trinajstić information content (AvgIpc) is 2.00. The monoisotopic (exact) mass is 296 g/mol. The topological polar surface area (TPSA) is 9.23 Å². The Hall–Kier alpha value is 0.690. The van der Waals surface area contributed by atoms with Gasteiger partial charge in [-0.25, -0.2) is 0 Å². The largest absolute Gasteiger partial charge is 0.371 e. The van der Waals surface area contributed by atoms with Gasteiger partial charge in [0.05, 0.1) is 11.7 Å². The van der Waals surface area contributed by atoms with Crippen molar-refractivity contribution in [3.05, 3.63) is 0 Å². The van der Waals surface area contributed by atoms with Gasteiger partial charge in [0.1, 0.15) is 0 Å². The fraction of sp³-hybridized carbons (Fsp3) is 1.00. The van der Waals surface area contributed by atoms with Crippen LogP contribution >= 0.6 is 22.6 Å². The fourth-order valence-electron chi connectivity index (χ4n) is 1.77. The third-order valence-corrected chi connectivity index (χ3v) is 4.71. The van der Waals surface area contributed by atoms with E-state index in [9.17, 15) is 0 Å². The lowest BCUT2D eigenvalue weighted by molar-refractivity contribution is -0.0964. The summed E-state index contributed by atoms with van der Waals surface area (Å²) in [6, 6.07) is 0. The van der Waals surface area contributed by atoms with Gasteiger partial charge in [-0.3, -0.25) is 0 Å². The van der Waals surface area contributed by atoms with Gasteiger partial charge in [-0.2, -0.15) is 0 Å². The van der Waals surface area contributed by atoms with Gasteiger partial charge in [0.15, 0.2) is 0 Å². The first-order valence-corrected chi connectivity index (χ1v) is 6.85. The zero-order valence-electron chi connectivity index (χ0n) is 8.98. The van der Waals surface area contributed by atoms with E-state index in [-0.39, 0.29) is 5.60 Å². The Morgan fingerprint density at radius 3 is 2.38 bits per heavy atom. The molecule has 0 aliphatic heterocycles. The number of ether oxygens (including phenoxy) is 1. The van der Waals surface area contributed by atoms with Gasteiger partial charge in [0.2, 0.25) is 0 Å². The second-order valence-corrected chi connectivity index (χ2v) is 5.41. The molecule has 0 bridgehead atoms. The highest BCUT2D eigenvalue weighted by Gasteiger charge is 2.31. The van der Waals surface area contributed by atoms with Crippen molar-refractivity contribution in [2.24, 2.45) is 5.92 Å². The Balaban J connectivity index is 2.38. The molecule has 1 unspecified atom stereocenters. The summed E-state index contributed by atoms with van der Waals surface area (Å²) in [6.45, 7) is 6.63. The van der Waals surface area contributed by atoms with Gasteiger partial charge in [-0.15, -0.1) is 0 Å². The lowest BCUT2D eigenvalue weighted by Gasteiger charge is -2.38. The summed E-state index contributed by atoms with van der Waals surface area (Å²) in [5, 5.41) is 0. The molecule has 0 saturated heterocycles. The highest BCUT2D eigenvalue weighted by atomic mass is 127. The van der Waals surface area contributed by atoms with Gasteiger partial charge >= 0.3 is 0 Å². The van der Waals surface area contributed by atoms with Crippen LogP contribution in [0.5, 0.6) is 0 Å². The third-order valence-electron chi connectivity index (χ3n) is 2.87. The quantitative estimate of drug-likeness (QED) is 0.554. The maximum Gasteiger partial charge on any atom is 0.0719 e. The lowest BCUT2D eigenvalue weighted by atomic mass is 9.80. The Kier molecular flexibility index (Phi) is 4.49. The van der Waals surface area contributed by atoms with Crippen LogP contribution in [-0.2, 0) is 4.74 Å². The second kappa shape index (κ2) is 4.96. The molecule has 0 aromatic carbocycles. The predicted molar refractivity (Wildman–Crippen MR) is 65.5 cm³/mol. The standard InChI is InChI=1S/C11H21IO/c1-4-10(9-6-5-7-9)13-11(2,3)8-12/h9-10H,4-8H2,1-3H3. The Morgan fingerprint density at radius 1 is 1.46 bits per heavy atom. The molecule has 13 heavy (non-hydrogen) atoms. The van der Waals surface area contributed by atoms with Crippen molar-refractivity contribution in [2.75, 3.05) is 4.43 Å². The van der Waals surface area contributed by atoms with Crippen molar-refractivity contribution in [3.63, 3.8) is 0 Å². The normalized spacial score (nSPS) is 21.2. The van der Waals surface area contributed by atoms with Crippen LogP contribution in [0.2, 0.25) is 0 Å². The lowest BCUT2D eigenvalue weighted by Crippen LogP contribution is -2.38. The molecule has 1 saturated carbocycles. The summed E-state index contributed by atoms with van der Waals surface area (Å²) in [7, 11) is 0. The molecule has 1 aliphatic carbocycles. The first-order chi connectivity index (χ1) is 6.09. The highest BCUT2D eigenvalue weighted by Crippen LogP contribution is 2.34. The van der Waals surface area contributed by atoms with Crippen LogP contribution in [0.1, 0.15) is 46.5 Å². The van der Waals surface area contributed by atoms with E-state index in [0.29, 0.717) is 6.10 Å². The minimum Gasteiger partial charge on any atom is -0.371 e. The van der Waals surface area contributed by atoms with E-state index in [4.69, 9.17) is 4.74 Å². The van der Waals surface area contributed by atoms with E-state index in [0.717, 1.165) is 10.3 Å². The predicted octanol–water partition coefficient (Wildman–Crippen LogP) is 3.80. The van der Waals surface area contributed by atoms with Gasteiger partial charge in [0, 0.05) is 4.43 Å². The zero-order valence-corrected chi connectivity index (χ0v) is 11.1. The summed E-state index contributed by atoms with van der Waals surface area (Å²) in [5.74, 6) is 0.854.